The predicted octanol–water partition coefficient (Wildman–Crippen LogP) is 6.96. The highest BCUT2D eigenvalue weighted by molar-refractivity contribution is 6.34. The molecule has 4 aromatic carbocycles. The zero-order valence-corrected chi connectivity index (χ0v) is 39.1. The summed E-state index contributed by atoms with van der Waals surface area (Å²) in [5, 5.41) is 18.1. The summed E-state index contributed by atoms with van der Waals surface area (Å²) in [4.78, 5) is 54.3. The number of nitrogens with one attached hydrogen (secondary N) is 4. The molecule has 0 bridgehead atoms. The van der Waals surface area contributed by atoms with Gasteiger partial charge in [0.15, 0.2) is 23.0 Å². The molecular formula is C50H56ClF2N9O6. The summed E-state index contributed by atoms with van der Waals surface area (Å²) in [7, 11) is 3.15. The fourth-order valence-corrected chi connectivity index (χ4v) is 10.9. The Bertz CT molecular complexity index is 2760. The van der Waals surface area contributed by atoms with Gasteiger partial charge in [0.25, 0.3) is 0 Å². The number of aryl methyl sites for hydroxylation is 1. The van der Waals surface area contributed by atoms with Crippen molar-refractivity contribution < 1.29 is 37.4 Å². The van der Waals surface area contributed by atoms with Gasteiger partial charge in [-0.1, -0.05) is 54.9 Å². The first-order valence-corrected chi connectivity index (χ1v) is 23.7. The lowest BCUT2D eigenvalue weighted by Crippen LogP contribution is -2.49. The maximum Gasteiger partial charge on any atom is 0.329 e. The number of rotatable bonds is 14. The van der Waals surface area contributed by atoms with Crippen LogP contribution in [-0.2, 0) is 22.2 Å². The highest BCUT2D eigenvalue weighted by Crippen LogP contribution is 2.56. The molecule has 2 saturated heterocycles. The lowest BCUT2D eigenvalue weighted by atomic mass is 9.77. The first-order chi connectivity index (χ1) is 32.8. The Kier molecular flexibility index (Phi) is 13.3. The summed E-state index contributed by atoms with van der Waals surface area (Å²) in [5.41, 5.74) is 7.31. The summed E-state index contributed by atoms with van der Waals surface area (Å²) in [5.74, 6) is -2.93. The van der Waals surface area contributed by atoms with Crippen LogP contribution < -0.4 is 41.4 Å². The Labute approximate surface area is 398 Å². The standard InChI is InChI=1S/C50H56ClF2N9O6/c1-28-40-38(26-35(52)43(51)42(40)41-33(46(54)64)16-17-37(67-3)44(41)53)68-50(28,30-8-5-4-6-9-30)27-56-31-14-12-29(13-15-31)48(65)55-21-25-61-22-18-32(19-23-61)57-36-11-7-10-34-45(36)60(2)59-47(34)62-24-20-39(63)58-49(62)66/h4-11,16-17,26,28-29,31-32,56-57H,12-15,18-25,27H2,1-3H3,(H2,54,64)(H,55,65)(H,58,63,66)/t28-,29?,31?,50-/m0/s1. The van der Waals surface area contributed by atoms with E-state index in [2.05, 4.69) is 31.3 Å². The van der Waals surface area contributed by atoms with E-state index in [0.717, 1.165) is 67.5 Å². The second-order valence-electron chi connectivity index (χ2n) is 18.3. The minimum atomic E-state index is -1.08. The molecule has 0 unspecified atom stereocenters. The van der Waals surface area contributed by atoms with E-state index in [4.69, 9.17) is 26.8 Å². The molecule has 4 aliphatic rings. The molecule has 5 aromatic rings. The average molecular weight is 953 g/mol. The molecule has 3 fully saturated rings. The molecular weight excluding hydrogens is 896 g/mol. The number of primary amides is 1. The molecule has 1 aromatic heterocycles. The number of hydrogen-bond donors (Lipinski definition) is 5. The molecule has 4 heterocycles. The van der Waals surface area contributed by atoms with Crippen molar-refractivity contribution >= 4 is 57.8 Å². The number of piperidine rings is 1. The van der Waals surface area contributed by atoms with Crippen LogP contribution in [0, 0.1) is 17.6 Å². The highest BCUT2D eigenvalue weighted by Gasteiger charge is 2.50. The number of nitrogens with zero attached hydrogens (tertiary/aromatic N) is 4. The molecule has 0 spiro atoms. The van der Waals surface area contributed by atoms with Crippen LogP contribution in [0.3, 0.4) is 0 Å². The number of fused-ring (bicyclic) bond motifs is 2. The third-order valence-corrected chi connectivity index (χ3v) is 14.7. The lowest BCUT2D eigenvalue weighted by molar-refractivity contribution is -0.126. The first kappa shape index (κ1) is 46.8. The number of nitrogens with two attached hydrogens (primary N) is 1. The van der Waals surface area contributed by atoms with Gasteiger partial charge in [0.05, 0.1) is 28.9 Å². The zero-order chi connectivity index (χ0) is 47.9. The molecule has 6 N–H and O–H groups in total. The maximum atomic E-state index is 16.2. The van der Waals surface area contributed by atoms with Gasteiger partial charge in [0, 0.05) is 105 Å². The van der Waals surface area contributed by atoms with E-state index in [9.17, 15) is 19.2 Å². The van der Waals surface area contributed by atoms with Crippen molar-refractivity contribution in [1.29, 1.82) is 0 Å². The first-order valence-electron chi connectivity index (χ1n) is 23.3. The zero-order valence-electron chi connectivity index (χ0n) is 38.3. The number of imide groups is 1. The third-order valence-electron chi connectivity index (χ3n) is 14.3. The number of hydrogen-bond acceptors (Lipinski definition) is 10. The number of carbonyl (C=O) groups excluding carboxylic acids is 4. The van der Waals surface area contributed by atoms with Crippen LogP contribution in [0.5, 0.6) is 11.5 Å². The third kappa shape index (κ3) is 8.82. The highest BCUT2D eigenvalue weighted by atomic mass is 35.5. The molecule has 358 valence electrons. The second kappa shape index (κ2) is 19.4. The van der Waals surface area contributed by atoms with E-state index in [1.165, 1.54) is 30.2 Å². The summed E-state index contributed by atoms with van der Waals surface area (Å²) in [6, 6.07) is 19.2. The smallest absolute Gasteiger partial charge is 0.329 e. The van der Waals surface area contributed by atoms with Crippen LogP contribution >= 0.6 is 11.6 Å². The molecule has 18 heteroatoms. The number of benzene rings is 4. The van der Waals surface area contributed by atoms with E-state index in [1.807, 2.05) is 62.5 Å². The Morgan fingerprint density at radius 1 is 0.971 bits per heavy atom. The van der Waals surface area contributed by atoms with Crippen LogP contribution in [0.1, 0.15) is 79.3 Å². The molecule has 5 amide bonds. The molecule has 1 saturated carbocycles. The molecule has 68 heavy (non-hydrogen) atoms. The summed E-state index contributed by atoms with van der Waals surface area (Å²) in [6.07, 6.45) is 5.01. The van der Waals surface area contributed by atoms with E-state index in [1.54, 1.807) is 4.68 Å². The molecule has 0 radical (unpaired) electrons. The molecule has 1 aliphatic carbocycles. The summed E-state index contributed by atoms with van der Waals surface area (Å²) >= 11 is 6.68. The van der Waals surface area contributed by atoms with Crippen LogP contribution in [0.2, 0.25) is 5.02 Å². The Balaban J connectivity index is 0.784. The van der Waals surface area contributed by atoms with Gasteiger partial charge >= 0.3 is 6.03 Å². The average Bonchev–Trinajstić information content (AvgIpc) is 3.82. The topological polar surface area (TPSA) is 185 Å². The van der Waals surface area contributed by atoms with Crippen LogP contribution in [0.15, 0.2) is 66.7 Å². The van der Waals surface area contributed by atoms with Crippen molar-refractivity contribution in [2.24, 2.45) is 18.7 Å². The van der Waals surface area contributed by atoms with Gasteiger partial charge in [0.2, 0.25) is 17.7 Å². The fourth-order valence-electron chi connectivity index (χ4n) is 10.6. The number of amides is 5. The van der Waals surface area contributed by atoms with Crippen LogP contribution in [-0.4, -0.2) is 96.9 Å². The predicted molar refractivity (Wildman–Crippen MR) is 255 cm³/mol. The minimum absolute atomic E-state index is 0.0108. The van der Waals surface area contributed by atoms with E-state index < -0.39 is 35.1 Å². The van der Waals surface area contributed by atoms with E-state index >= 15 is 8.78 Å². The van der Waals surface area contributed by atoms with Crippen LogP contribution in [0.4, 0.5) is 25.1 Å². The van der Waals surface area contributed by atoms with Crippen LogP contribution in [0.25, 0.3) is 22.0 Å². The quantitative estimate of drug-likeness (QED) is 0.0780. The molecule has 15 nitrogen and oxygen atoms in total. The van der Waals surface area contributed by atoms with Gasteiger partial charge in [-0.05, 0) is 68.4 Å². The van der Waals surface area contributed by atoms with Crippen molar-refractivity contribution in [3.8, 4) is 22.6 Å². The van der Waals surface area contributed by atoms with Gasteiger partial charge in [-0.2, -0.15) is 5.10 Å². The normalized spacial score (nSPS) is 22.1. The van der Waals surface area contributed by atoms with Gasteiger partial charge in [0.1, 0.15) is 11.6 Å². The fraction of sp³-hybridized carbons (Fsp3) is 0.420. The van der Waals surface area contributed by atoms with E-state index in [0.29, 0.717) is 37.3 Å². The van der Waals surface area contributed by atoms with Crippen molar-refractivity contribution in [2.45, 2.75) is 75.5 Å². The maximum absolute atomic E-state index is 16.2. The van der Waals surface area contributed by atoms with Crippen molar-refractivity contribution in [3.05, 3.63) is 100 Å². The SMILES string of the molecule is COc1ccc(C(N)=O)c(-c2c(Cl)c(F)cc3c2[C@H](C)[C@@](CNC2CCC(C(=O)NCCN4CCC(Nc5cccc6c(N7CCC(=O)NC7=O)nn(C)c56)CC4)CC2)(c2ccccc2)O3)c1F. The number of anilines is 2. The number of carbonyl (C=O) groups is 4. The molecule has 2 atom stereocenters. The monoisotopic (exact) mass is 951 g/mol. The Hall–Kier alpha value is -6.30. The summed E-state index contributed by atoms with van der Waals surface area (Å²) < 4.78 is 45.7. The van der Waals surface area contributed by atoms with Gasteiger partial charge in [-0.3, -0.25) is 29.3 Å². The number of ether oxygens (including phenoxy) is 2. The van der Waals surface area contributed by atoms with Crippen molar-refractivity contribution in [2.75, 3.05) is 56.6 Å². The lowest BCUT2D eigenvalue weighted by Gasteiger charge is -2.37. The van der Waals surface area contributed by atoms with Gasteiger partial charge in [-0.15, -0.1) is 0 Å². The number of likely N-dealkylation sites (tertiary alicyclic amines) is 1. The largest absolute Gasteiger partial charge is 0.494 e. The van der Waals surface area contributed by atoms with Crippen molar-refractivity contribution in [1.82, 2.24) is 30.6 Å². The number of halogens is 3. The van der Waals surface area contributed by atoms with E-state index in [-0.39, 0.29) is 76.0 Å². The van der Waals surface area contributed by atoms with Gasteiger partial charge < -0.3 is 36.1 Å². The Morgan fingerprint density at radius 2 is 1.72 bits per heavy atom. The minimum Gasteiger partial charge on any atom is -0.494 e. The van der Waals surface area contributed by atoms with Gasteiger partial charge in [-0.25, -0.2) is 13.6 Å². The number of methoxy groups -OCH3 is 1. The Morgan fingerprint density at radius 3 is 2.43 bits per heavy atom. The molecule has 3 aliphatic heterocycles. The molecule has 9 rings (SSSR count). The second-order valence-corrected chi connectivity index (χ2v) is 18.7. The number of aromatic nitrogens is 2. The number of urea groups is 1. The number of para-hydroxylation sites is 1. The summed E-state index contributed by atoms with van der Waals surface area (Å²) in [6.45, 7) is 5.59. The van der Waals surface area contributed by atoms with Crippen molar-refractivity contribution in [3.63, 3.8) is 0 Å².